The van der Waals surface area contributed by atoms with Gasteiger partial charge in [-0.15, -0.1) is 0 Å². The molecule has 15 heavy (non-hydrogen) atoms. The minimum absolute atomic E-state index is 0.151. The normalized spacial score (nSPS) is 20.3. The van der Waals surface area contributed by atoms with Crippen LogP contribution in [0.1, 0.15) is 26.7 Å². The molecule has 1 rings (SSSR count). The first-order valence-electron chi connectivity index (χ1n) is 5.56. The van der Waals surface area contributed by atoms with Crippen LogP contribution in [-0.2, 0) is 14.3 Å². The molecular formula is C11H21NO3. The highest BCUT2D eigenvalue weighted by molar-refractivity contribution is 5.77. The quantitative estimate of drug-likeness (QED) is 0.709. The Morgan fingerprint density at radius 2 is 2.07 bits per heavy atom. The van der Waals surface area contributed by atoms with Gasteiger partial charge in [-0.1, -0.05) is 13.8 Å². The standard InChI is InChI=1S/C11H21NO3/c1-9(2)7-15-10(13)11(8-12)3-5-14-6-4-11/h9H,3-8,12H2,1-2H3. The van der Waals surface area contributed by atoms with Crippen LogP contribution in [0.3, 0.4) is 0 Å². The van der Waals surface area contributed by atoms with E-state index in [0.717, 1.165) is 0 Å². The van der Waals surface area contributed by atoms with E-state index in [2.05, 4.69) is 0 Å². The lowest BCUT2D eigenvalue weighted by molar-refractivity contribution is -0.162. The van der Waals surface area contributed by atoms with E-state index in [1.165, 1.54) is 0 Å². The Kier molecular flexibility index (Phi) is 4.54. The Balaban J connectivity index is 2.52. The molecule has 0 saturated carbocycles. The monoisotopic (exact) mass is 215 g/mol. The molecule has 1 heterocycles. The Hall–Kier alpha value is -0.610. The van der Waals surface area contributed by atoms with Gasteiger partial charge in [0.1, 0.15) is 0 Å². The fourth-order valence-corrected chi connectivity index (χ4v) is 1.65. The molecule has 0 amide bonds. The molecule has 2 N–H and O–H groups in total. The Morgan fingerprint density at radius 3 is 2.53 bits per heavy atom. The van der Waals surface area contributed by atoms with Crippen LogP contribution in [0, 0.1) is 11.3 Å². The number of rotatable bonds is 4. The predicted octanol–water partition coefficient (Wildman–Crippen LogP) is 0.941. The molecule has 0 spiro atoms. The van der Waals surface area contributed by atoms with Crippen LogP contribution in [0.15, 0.2) is 0 Å². The fourth-order valence-electron chi connectivity index (χ4n) is 1.65. The van der Waals surface area contributed by atoms with E-state index in [4.69, 9.17) is 15.2 Å². The van der Waals surface area contributed by atoms with Gasteiger partial charge in [0.15, 0.2) is 0 Å². The number of ether oxygens (including phenoxy) is 2. The molecule has 88 valence electrons. The van der Waals surface area contributed by atoms with Gasteiger partial charge >= 0.3 is 5.97 Å². The van der Waals surface area contributed by atoms with E-state index >= 15 is 0 Å². The zero-order valence-corrected chi connectivity index (χ0v) is 9.62. The Labute approximate surface area is 91.1 Å². The summed E-state index contributed by atoms with van der Waals surface area (Å²) in [5, 5.41) is 0. The first-order chi connectivity index (χ1) is 7.10. The third-order valence-electron chi connectivity index (χ3n) is 2.82. The first kappa shape index (κ1) is 12.5. The van der Waals surface area contributed by atoms with Crippen molar-refractivity contribution in [2.75, 3.05) is 26.4 Å². The summed E-state index contributed by atoms with van der Waals surface area (Å²) in [6.07, 6.45) is 1.36. The zero-order chi connectivity index (χ0) is 11.3. The van der Waals surface area contributed by atoms with Gasteiger partial charge in [0, 0.05) is 19.8 Å². The largest absolute Gasteiger partial charge is 0.465 e. The summed E-state index contributed by atoms with van der Waals surface area (Å²) in [4.78, 5) is 11.9. The fraction of sp³-hybridized carbons (Fsp3) is 0.909. The van der Waals surface area contributed by atoms with Crippen LogP contribution in [0.2, 0.25) is 0 Å². The van der Waals surface area contributed by atoms with Crippen molar-refractivity contribution in [2.24, 2.45) is 17.1 Å². The maximum atomic E-state index is 11.9. The lowest BCUT2D eigenvalue weighted by Gasteiger charge is -2.33. The highest BCUT2D eigenvalue weighted by atomic mass is 16.5. The highest BCUT2D eigenvalue weighted by Crippen LogP contribution is 2.30. The summed E-state index contributed by atoms with van der Waals surface area (Å²) >= 11 is 0. The summed E-state index contributed by atoms with van der Waals surface area (Å²) in [7, 11) is 0. The second-order valence-electron chi connectivity index (χ2n) is 4.59. The number of esters is 1. The minimum atomic E-state index is -0.493. The number of carbonyl (C=O) groups is 1. The van der Waals surface area contributed by atoms with Crippen molar-refractivity contribution >= 4 is 5.97 Å². The van der Waals surface area contributed by atoms with Crippen LogP contribution in [0.25, 0.3) is 0 Å². The molecule has 4 nitrogen and oxygen atoms in total. The third-order valence-corrected chi connectivity index (χ3v) is 2.82. The number of carbonyl (C=O) groups excluding carboxylic acids is 1. The van der Waals surface area contributed by atoms with Crippen molar-refractivity contribution in [3.63, 3.8) is 0 Å². The molecule has 0 atom stereocenters. The molecule has 1 fully saturated rings. The molecule has 0 unspecified atom stereocenters. The van der Waals surface area contributed by atoms with Gasteiger partial charge in [0.25, 0.3) is 0 Å². The second-order valence-corrected chi connectivity index (χ2v) is 4.59. The van der Waals surface area contributed by atoms with Crippen LogP contribution >= 0.6 is 0 Å². The van der Waals surface area contributed by atoms with Gasteiger partial charge in [-0.05, 0) is 18.8 Å². The van der Waals surface area contributed by atoms with Crippen LogP contribution in [0.4, 0.5) is 0 Å². The van der Waals surface area contributed by atoms with Crippen molar-refractivity contribution in [3.05, 3.63) is 0 Å². The smallest absolute Gasteiger partial charge is 0.313 e. The average molecular weight is 215 g/mol. The minimum Gasteiger partial charge on any atom is -0.465 e. The molecule has 0 aliphatic carbocycles. The van der Waals surface area contributed by atoms with E-state index in [1.807, 2.05) is 13.8 Å². The second kappa shape index (κ2) is 5.47. The topological polar surface area (TPSA) is 61.5 Å². The van der Waals surface area contributed by atoms with Crippen LogP contribution in [0.5, 0.6) is 0 Å². The van der Waals surface area contributed by atoms with Gasteiger partial charge in [0.2, 0.25) is 0 Å². The van der Waals surface area contributed by atoms with Gasteiger partial charge in [-0.25, -0.2) is 0 Å². The van der Waals surface area contributed by atoms with Crippen LogP contribution < -0.4 is 5.73 Å². The summed E-state index contributed by atoms with van der Waals surface area (Å²) < 4.78 is 10.5. The van der Waals surface area contributed by atoms with E-state index in [9.17, 15) is 4.79 Å². The lowest BCUT2D eigenvalue weighted by Crippen LogP contribution is -2.44. The van der Waals surface area contributed by atoms with Crippen LogP contribution in [-0.4, -0.2) is 32.3 Å². The average Bonchev–Trinajstić information content (AvgIpc) is 2.26. The van der Waals surface area contributed by atoms with Gasteiger partial charge < -0.3 is 15.2 Å². The Morgan fingerprint density at radius 1 is 1.47 bits per heavy atom. The van der Waals surface area contributed by atoms with E-state index in [1.54, 1.807) is 0 Å². The molecule has 0 aromatic rings. The van der Waals surface area contributed by atoms with E-state index in [0.29, 0.717) is 45.1 Å². The third kappa shape index (κ3) is 3.18. The van der Waals surface area contributed by atoms with E-state index in [-0.39, 0.29) is 5.97 Å². The molecule has 0 bridgehead atoms. The molecule has 1 saturated heterocycles. The van der Waals surface area contributed by atoms with Crippen molar-refractivity contribution in [3.8, 4) is 0 Å². The van der Waals surface area contributed by atoms with Gasteiger partial charge in [-0.3, -0.25) is 4.79 Å². The number of hydrogen-bond acceptors (Lipinski definition) is 4. The molecule has 1 aliphatic rings. The van der Waals surface area contributed by atoms with Crippen molar-refractivity contribution in [2.45, 2.75) is 26.7 Å². The molecule has 1 aliphatic heterocycles. The molecular weight excluding hydrogens is 194 g/mol. The van der Waals surface area contributed by atoms with Crippen molar-refractivity contribution in [1.29, 1.82) is 0 Å². The summed E-state index contributed by atoms with van der Waals surface area (Å²) in [6.45, 7) is 6.08. The zero-order valence-electron chi connectivity index (χ0n) is 9.62. The molecule has 0 radical (unpaired) electrons. The maximum absolute atomic E-state index is 11.9. The maximum Gasteiger partial charge on any atom is 0.313 e. The number of nitrogens with two attached hydrogens (primary N) is 1. The summed E-state index contributed by atoms with van der Waals surface area (Å²) in [6, 6.07) is 0. The van der Waals surface area contributed by atoms with Crippen molar-refractivity contribution in [1.82, 2.24) is 0 Å². The summed E-state index contributed by atoms with van der Waals surface area (Å²) in [5.74, 6) is 0.214. The van der Waals surface area contributed by atoms with E-state index < -0.39 is 5.41 Å². The van der Waals surface area contributed by atoms with Gasteiger partial charge in [0.05, 0.1) is 12.0 Å². The lowest BCUT2D eigenvalue weighted by atomic mass is 9.80. The number of hydrogen-bond donors (Lipinski definition) is 1. The summed E-state index contributed by atoms with van der Waals surface area (Å²) in [5.41, 5.74) is 5.20. The SMILES string of the molecule is CC(C)COC(=O)C1(CN)CCOCC1. The van der Waals surface area contributed by atoms with Crippen molar-refractivity contribution < 1.29 is 14.3 Å². The highest BCUT2D eigenvalue weighted by Gasteiger charge is 2.40. The van der Waals surface area contributed by atoms with Gasteiger partial charge in [-0.2, -0.15) is 0 Å². The predicted molar refractivity (Wildman–Crippen MR) is 57.3 cm³/mol. The first-order valence-corrected chi connectivity index (χ1v) is 5.56. The Bertz CT molecular complexity index is 210. The molecule has 0 aromatic heterocycles. The molecule has 4 heteroatoms. The molecule has 0 aromatic carbocycles.